The second kappa shape index (κ2) is 7.39. The number of rotatable bonds is 6. The molecule has 0 aliphatic carbocycles. The lowest BCUT2D eigenvalue weighted by molar-refractivity contribution is -0.130. The van der Waals surface area contributed by atoms with Crippen LogP contribution in [0.15, 0.2) is 59.7 Å². The van der Waals surface area contributed by atoms with Gasteiger partial charge in [-0.3, -0.25) is 4.79 Å². The summed E-state index contributed by atoms with van der Waals surface area (Å²) in [6.07, 6.45) is 2.00. The van der Waals surface area contributed by atoms with Crippen LogP contribution in [0, 0.1) is 0 Å². The summed E-state index contributed by atoms with van der Waals surface area (Å²) in [5, 5.41) is 7.57. The average molecular weight is 351 g/mol. The number of benzene rings is 2. The molecule has 1 N–H and O–H groups in total. The van der Waals surface area contributed by atoms with E-state index in [1.165, 1.54) is 6.21 Å². The minimum Gasteiger partial charge on any atom is -0.489 e. The van der Waals surface area contributed by atoms with Crippen molar-refractivity contribution >= 4 is 18.2 Å². The van der Waals surface area contributed by atoms with E-state index in [9.17, 15) is 9.59 Å². The zero-order valence-electron chi connectivity index (χ0n) is 14.8. The number of ether oxygens (including phenoxy) is 1. The summed E-state index contributed by atoms with van der Waals surface area (Å²) in [6, 6.07) is 16.7. The molecule has 0 aromatic heterocycles. The third-order valence-electron chi connectivity index (χ3n) is 4.40. The van der Waals surface area contributed by atoms with Crippen LogP contribution in [0.3, 0.4) is 0 Å². The van der Waals surface area contributed by atoms with Gasteiger partial charge in [0.15, 0.2) is 0 Å². The van der Waals surface area contributed by atoms with Gasteiger partial charge >= 0.3 is 6.03 Å². The van der Waals surface area contributed by atoms with Crippen LogP contribution in [-0.4, -0.2) is 28.7 Å². The molecule has 0 saturated carbocycles. The SMILES string of the molecule is CCC1(C)NC(=O)N(/N=C/c2ccc(OCc3ccccc3)cc2)C1=O. The Kier molecular flexibility index (Phi) is 5.02. The van der Waals surface area contributed by atoms with E-state index in [-0.39, 0.29) is 5.91 Å². The molecule has 1 saturated heterocycles. The van der Waals surface area contributed by atoms with Gasteiger partial charge in [-0.05, 0) is 48.7 Å². The molecule has 3 amide bonds. The lowest BCUT2D eigenvalue weighted by atomic mass is 10.00. The van der Waals surface area contributed by atoms with Crippen LogP contribution in [0.5, 0.6) is 5.75 Å². The predicted octanol–water partition coefficient (Wildman–Crippen LogP) is 3.32. The number of imide groups is 1. The zero-order valence-corrected chi connectivity index (χ0v) is 14.8. The van der Waals surface area contributed by atoms with Crippen LogP contribution in [-0.2, 0) is 11.4 Å². The highest BCUT2D eigenvalue weighted by Gasteiger charge is 2.46. The van der Waals surface area contributed by atoms with Crippen LogP contribution in [0.1, 0.15) is 31.4 Å². The lowest BCUT2D eigenvalue weighted by Crippen LogP contribution is -2.42. The molecule has 3 rings (SSSR count). The Hall–Kier alpha value is -3.15. The summed E-state index contributed by atoms with van der Waals surface area (Å²) in [6.45, 7) is 4.04. The van der Waals surface area contributed by atoms with Gasteiger partial charge in [0.25, 0.3) is 5.91 Å². The van der Waals surface area contributed by atoms with Crippen LogP contribution >= 0.6 is 0 Å². The van der Waals surface area contributed by atoms with Crippen molar-refractivity contribution in [2.45, 2.75) is 32.4 Å². The van der Waals surface area contributed by atoms with Crippen LogP contribution in [0.4, 0.5) is 4.79 Å². The molecule has 0 spiro atoms. The first-order valence-electron chi connectivity index (χ1n) is 8.49. The smallest absolute Gasteiger partial charge is 0.346 e. The van der Waals surface area contributed by atoms with E-state index in [1.54, 1.807) is 6.92 Å². The molecule has 1 heterocycles. The quantitative estimate of drug-likeness (QED) is 0.641. The van der Waals surface area contributed by atoms with E-state index in [1.807, 2.05) is 61.5 Å². The van der Waals surface area contributed by atoms with Gasteiger partial charge in [-0.15, -0.1) is 5.01 Å². The van der Waals surface area contributed by atoms with Crippen molar-refractivity contribution in [1.82, 2.24) is 10.3 Å². The van der Waals surface area contributed by atoms with Crippen LogP contribution < -0.4 is 10.1 Å². The molecule has 1 unspecified atom stereocenters. The first-order valence-corrected chi connectivity index (χ1v) is 8.49. The second-order valence-corrected chi connectivity index (χ2v) is 6.32. The normalized spacial score (nSPS) is 19.8. The Bertz CT molecular complexity index is 818. The number of nitrogens with one attached hydrogen (secondary N) is 1. The molecular formula is C20H21N3O3. The highest BCUT2D eigenvalue weighted by Crippen LogP contribution is 2.21. The van der Waals surface area contributed by atoms with Crippen molar-refractivity contribution in [1.29, 1.82) is 0 Å². The number of carbonyl (C=O) groups excluding carboxylic acids is 2. The fraction of sp³-hybridized carbons (Fsp3) is 0.250. The standard InChI is InChI=1S/C20H21N3O3/c1-3-20(2)18(24)23(19(25)22-20)21-13-15-9-11-17(12-10-15)26-14-16-7-5-4-6-8-16/h4-13H,3,14H2,1-2H3,(H,22,25)/b21-13+. The van der Waals surface area contributed by atoms with E-state index in [0.717, 1.165) is 21.9 Å². The molecule has 0 radical (unpaired) electrons. The Morgan fingerprint density at radius 3 is 2.42 bits per heavy atom. The second-order valence-electron chi connectivity index (χ2n) is 6.32. The van der Waals surface area contributed by atoms with Crippen molar-refractivity contribution in [2.75, 3.05) is 0 Å². The molecule has 1 fully saturated rings. The molecule has 6 nitrogen and oxygen atoms in total. The fourth-order valence-corrected chi connectivity index (χ4v) is 2.53. The van der Waals surface area contributed by atoms with Gasteiger partial charge in [0.2, 0.25) is 0 Å². The summed E-state index contributed by atoms with van der Waals surface area (Å²) in [5.41, 5.74) is 0.974. The van der Waals surface area contributed by atoms with E-state index in [0.29, 0.717) is 13.0 Å². The van der Waals surface area contributed by atoms with Crippen molar-refractivity contribution in [2.24, 2.45) is 5.10 Å². The summed E-state index contributed by atoms with van der Waals surface area (Å²) in [4.78, 5) is 24.2. The van der Waals surface area contributed by atoms with Gasteiger partial charge in [-0.1, -0.05) is 37.3 Å². The van der Waals surface area contributed by atoms with E-state index >= 15 is 0 Å². The minimum atomic E-state index is -0.885. The molecule has 2 aromatic carbocycles. The van der Waals surface area contributed by atoms with Gasteiger partial charge in [-0.25, -0.2) is 4.79 Å². The van der Waals surface area contributed by atoms with Crippen molar-refractivity contribution < 1.29 is 14.3 Å². The molecular weight excluding hydrogens is 330 g/mol. The molecule has 2 aromatic rings. The molecule has 1 aliphatic rings. The van der Waals surface area contributed by atoms with Gasteiger partial charge in [0, 0.05) is 0 Å². The highest BCUT2D eigenvalue weighted by molar-refractivity contribution is 6.07. The molecule has 1 atom stereocenters. The number of nitrogens with zero attached hydrogens (tertiary/aromatic N) is 2. The Morgan fingerprint density at radius 1 is 1.12 bits per heavy atom. The number of hydrogen-bond acceptors (Lipinski definition) is 4. The molecule has 26 heavy (non-hydrogen) atoms. The van der Waals surface area contributed by atoms with Gasteiger partial charge in [-0.2, -0.15) is 5.10 Å². The molecule has 1 aliphatic heterocycles. The van der Waals surface area contributed by atoms with E-state index in [2.05, 4.69) is 10.4 Å². The summed E-state index contributed by atoms with van der Waals surface area (Å²) in [7, 11) is 0. The Balaban J connectivity index is 1.61. The maximum Gasteiger partial charge on any atom is 0.346 e. The molecule has 134 valence electrons. The van der Waals surface area contributed by atoms with E-state index in [4.69, 9.17) is 4.74 Å². The van der Waals surface area contributed by atoms with E-state index < -0.39 is 11.6 Å². The Labute approximate surface area is 152 Å². The molecule has 0 bridgehead atoms. The molecule has 6 heteroatoms. The van der Waals surface area contributed by atoms with Crippen molar-refractivity contribution in [3.05, 3.63) is 65.7 Å². The first kappa shape index (κ1) is 17.7. The number of hydrazone groups is 1. The van der Waals surface area contributed by atoms with Gasteiger partial charge < -0.3 is 10.1 Å². The lowest BCUT2D eigenvalue weighted by Gasteiger charge is -2.17. The number of hydrogen-bond donors (Lipinski definition) is 1. The average Bonchev–Trinajstić information content (AvgIpc) is 2.89. The van der Waals surface area contributed by atoms with Crippen LogP contribution in [0.2, 0.25) is 0 Å². The Morgan fingerprint density at radius 2 is 1.81 bits per heavy atom. The van der Waals surface area contributed by atoms with Gasteiger partial charge in [0.1, 0.15) is 17.9 Å². The first-order chi connectivity index (χ1) is 12.5. The number of amides is 3. The predicted molar refractivity (Wildman–Crippen MR) is 98.9 cm³/mol. The third-order valence-corrected chi connectivity index (χ3v) is 4.40. The minimum absolute atomic E-state index is 0.343. The monoisotopic (exact) mass is 351 g/mol. The van der Waals surface area contributed by atoms with Crippen molar-refractivity contribution in [3.63, 3.8) is 0 Å². The highest BCUT2D eigenvalue weighted by atomic mass is 16.5. The van der Waals surface area contributed by atoms with Crippen LogP contribution in [0.25, 0.3) is 0 Å². The summed E-state index contributed by atoms with van der Waals surface area (Å²) in [5.74, 6) is 0.392. The zero-order chi connectivity index (χ0) is 18.6. The third kappa shape index (κ3) is 3.74. The largest absolute Gasteiger partial charge is 0.489 e. The van der Waals surface area contributed by atoms with Crippen molar-refractivity contribution in [3.8, 4) is 5.75 Å². The maximum atomic E-state index is 12.3. The maximum absolute atomic E-state index is 12.3. The fourth-order valence-electron chi connectivity index (χ4n) is 2.53. The van der Waals surface area contributed by atoms with Gasteiger partial charge in [0.05, 0.1) is 6.21 Å². The summed E-state index contributed by atoms with van der Waals surface area (Å²) >= 11 is 0. The summed E-state index contributed by atoms with van der Waals surface area (Å²) < 4.78 is 5.73. The number of urea groups is 1. The number of carbonyl (C=O) groups is 2. The topological polar surface area (TPSA) is 71.0 Å².